The number of unbranched alkanes of at least 4 members (excludes halogenated alkanes) is 1. The molecule has 3 rings (SSSR count). The third-order valence-corrected chi connectivity index (χ3v) is 6.16. The molecule has 0 bridgehead atoms. The van der Waals surface area contributed by atoms with Gasteiger partial charge < -0.3 is 10.6 Å². The molecule has 1 aromatic heterocycles. The van der Waals surface area contributed by atoms with E-state index in [1.807, 2.05) is 4.90 Å². The van der Waals surface area contributed by atoms with Crippen molar-refractivity contribution >= 4 is 11.8 Å². The largest absolute Gasteiger partial charge is 0.364 e. The Labute approximate surface area is 155 Å². The number of rotatable bonds is 6. The summed E-state index contributed by atoms with van der Waals surface area (Å²) in [6.45, 7) is 3.04. The van der Waals surface area contributed by atoms with Crippen molar-refractivity contribution in [1.82, 2.24) is 15.1 Å². The first-order chi connectivity index (χ1) is 12.6. The molecule has 0 radical (unpaired) electrons. The minimum Gasteiger partial charge on any atom is -0.364 e. The number of primary amides is 1. The zero-order valence-corrected chi connectivity index (χ0v) is 15.9. The molecule has 144 valence electrons. The predicted molar refractivity (Wildman–Crippen MR) is 100 cm³/mol. The van der Waals surface area contributed by atoms with E-state index in [-0.39, 0.29) is 17.7 Å². The van der Waals surface area contributed by atoms with E-state index in [0.29, 0.717) is 5.91 Å². The van der Waals surface area contributed by atoms with Gasteiger partial charge in [-0.15, -0.1) is 0 Å². The summed E-state index contributed by atoms with van der Waals surface area (Å²) in [7, 11) is 0. The van der Waals surface area contributed by atoms with Gasteiger partial charge in [-0.1, -0.05) is 26.2 Å². The quantitative estimate of drug-likeness (QED) is 0.812. The van der Waals surface area contributed by atoms with Gasteiger partial charge in [0.15, 0.2) is 0 Å². The van der Waals surface area contributed by atoms with Crippen molar-refractivity contribution in [1.29, 1.82) is 0 Å². The number of nitrogens with zero attached hydrogens (tertiary/aromatic N) is 2. The summed E-state index contributed by atoms with van der Waals surface area (Å²) in [5, 5.41) is 6.93. The van der Waals surface area contributed by atoms with Gasteiger partial charge in [0, 0.05) is 12.5 Å². The Hall–Kier alpha value is -1.85. The average Bonchev–Trinajstić information content (AvgIpc) is 3.16. The Morgan fingerprint density at radius 3 is 2.65 bits per heavy atom. The molecule has 1 unspecified atom stereocenters. The smallest absolute Gasteiger partial charge is 0.269 e. The van der Waals surface area contributed by atoms with E-state index < -0.39 is 5.91 Å². The molecular formula is C20H32N4O2. The number of amides is 2. The molecule has 6 nitrogen and oxygen atoms in total. The molecule has 1 aromatic rings. The molecule has 1 atom stereocenters. The fourth-order valence-corrected chi connectivity index (χ4v) is 4.58. The van der Waals surface area contributed by atoms with Gasteiger partial charge in [0.1, 0.15) is 5.69 Å². The molecule has 0 spiro atoms. The van der Waals surface area contributed by atoms with Crippen molar-refractivity contribution in [2.45, 2.75) is 77.2 Å². The molecule has 1 aliphatic heterocycles. The van der Waals surface area contributed by atoms with Crippen molar-refractivity contribution in [3.8, 4) is 0 Å². The summed E-state index contributed by atoms with van der Waals surface area (Å²) in [6, 6.07) is 1.70. The predicted octanol–water partition coefficient (Wildman–Crippen LogP) is 3.56. The molecule has 2 heterocycles. The zero-order valence-electron chi connectivity index (χ0n) is 15.9. The van der Waals surface area contributed by atoms with Gasteiger partial charge in [-0.25, -0.2) is 0 Å². The normalized spacial score (nSPS) is 26.7. The third kappa shape index (κ3) is 4.27. The van der Waals surface area contributed by atoms with E-state index in [1.165, 1.54) is 32.1 Å². The summed E-state index contributed by atoms with van der Waals surface area (Å²) in [5.41, 5.74) is 6.40. The Morgan fingerprint density at radius 2 is 2.00 bits per heavy atom. The second-order valence-corrected chi connectivity index (χ2v) is 7.98. The summed E-state index contributed by atoms with van der Waals surface area (Å²) in [6.07, 6.45) is 11.3. The zero-order chi connectivity index (χ0) is 18.5. The van der Waals surface area contributed by atoms with Crippen molar-refractivity contribution in [2.75, 3.05) is 6.54 Å². The number of H-pyrrole nitrogens is 1. The maximum atomic E-state index is 13.2. The van der Waals surface area contributed by atoms with Crippen LogP contribution >= 0.6 is 0 Å². The van der Waals surface area contributed by atoms with Crippen LogP contribution in [-0.2, 0) is 4.79 Å². The Morgan fingerprint density at radius 1 is 1.23 bits per heavy atom. The van der Waals surface area contributed by atoms with E-state index in [0.717, 1.165) is 50.3 Å². The second kappa shape index (κ2) is 8.69. The number of piperidine rings is 1. The van der Waals surface area contributed by atoms with Gasteiger partial charge in [-0.3, -0.25) is 14.7 Å². The lowest BCUT2D eigenvalue weighted by atomic mass is 9.79. The van der Waals surface area contributed by atoms with Crippen molar-refractivity contribution in [3.63, 3.8) is 0 Å². The van der Waals surface area contributed by atoms with Crippen LogP contribution in [0, 0.1) is 11.8 Å². The minimum absolute atomic E-state index is 0.00494. The van der Waals surface area contributed by atoms with Crippen LogP contribution in [0.15, 0.2) is 6.07 Å². The molecule has 2 aliphatic rings. The van der Waals surface area contributed by atoms with Crippen LogP contribution in [0.3, 0.4) is 0 Å². The Balaban J connectivity index is 1.64. The van der Waals surface area contributed by atoms with E-state index >= 15 is 0 Å². The number of carbonyl (C=O) groups is 2. The van der Waals surface area contributed by atoms with Crippen LogP contribution in [0.1, 0.15) is 93.4 Å². The van der Waals surface area contributed by atoms with E-state index in [4.69, 9.17) is 5.73 Å². The molecule has 2 fully saturated rings. The van der Waals surface area contributed by atoms with Gasteiger partial charge in [-0.05, 0) is 56.9 Å². The van der Waals surface area contributed by atoms with Gasteiger partial charge in [0.05, 0.1) is 11.7 Å². The maximum absolute atomic E-state index is 13.2. The molecular weight excluding hydrogens is 328 g/mol. The molecule has 6 heteroatoms. The Bertz CT molecular complexity index is 619. The molecule has 26 heavy (non-hydrogen) atoms. The van der Waals surface area contributed by atoms with Crippen LogP contribution in [0.5, 0.6) is 0 Å². The molecule has 1 saturated heterocycles. The maximum Gasteiger partial charge on any atom is 0.269 e. The van der Waals surface area contributed by atoms with E-state index in [1.54, 1.807) is 6.07 Å². The lowest BCUT2D eigenvalue weighted by Crippen LogP contribution is -2.43. The highest BCUT2D eigenvalue weighted by atomic mass is 16.2. The monoisotopic (exact) mass is 360 g/mol. The van der Waals surface area contributed by atoms with Crippen molar-refractivity contribution in [3.05, 3.63) is 17.5 Å². The first-order valence-corrected chi connectivity index (χ1v) is 10.3. The summed E-state index contributed by atoms with van der Waals surface area (Å²) >= 11 is 0. The number of aromatic nitrogens is 2. The average molecular weight is 361 g/mol. The third-order valence-electron chi connectivity index (χ3n) is 6.16. The second-order valence-electron chi connectivity index (χ2n) is 7.98. The van der Waals surface area contributed by atoms with Crippen LogP contribution in [0.2, 0.25) is 0 Å². The first-order valence-electron chi connectivity index (χ1n) is 10.3. The molecule has 2 amide bonds. The number of carbonyl (C=O) groups excluding carboxylic acids is 2. The van der Waals surface area contributed by atoms with Crippen molar-refractivity contribution in [2.24, 2.45) is 17.6 Å². The molecule has 3 N–H and O–H groups in total. The molecule has 1 aliphatic carbocycles. The standard InChI is InChI=1S/C20H32N4O2/c1-2-3-6-14-8-10-15(11-9-14)20(26)24-12-5-4-7-18(24)16-13-17(19(21)25)23-22-16/h13-15,18H,2-12H2,1H3,(H2,21,25)(H,22,23). The highest BCUT2D eigenvalue weighted by molar-refractivity contribution is 5.90. The van der Waals surface area contributed by atoms with Crippen LogP contribution in [-0.4, -0.2) is 33.5 Å². The number of hydrogen-bond acceptors (Lipinski definition) is 3. The number of likely N-dealkylation sites (tertiary alicyclic amines) is 1. The lowest BCUT2D eigenvalue weighted by Gasteiger charge is -2.39. The van der Waals surface area contributed by atoms with Crippen LogP contribution in [0.4, 0.5) is 0 Å². The number of aromatic amines is 1. The van der Waals surface area contributed by atoms with Crippen LogP contribution in [0.25, 0.3) is 0 Å². The topological polar surface area (TPSA) is 92.1 Å². The number of nitrogens with two attached hydrogens (primary N) is 1. The van der Waals surface area contributed by atoms with Gasteiger partial charge in [0.25, 0.3) is 5.91 Å². The van der Waals surface area contributed by atoms with E-state index in [2.05, 4.69) is 17.1 Å². The Kier molecular flexibility index (Phi) is 6.33. The minimum atomic E-state index is -0.536. The highest BCUT2D eigenvalue weighted by Gasteiger charge is 2.35. The van der Waals surface area contributed by atoms with Crippen LogP contribution < -0.4 is 5.73 Å². The fourth-order valence-electron chi connectivity index (χ4n) is 4.58. The number of hydrogen-bond donors (Lipinski definition) is 2. The fraction of sp³-hybridized carbons (Fsp3) is 0.750. The van der Waals surface area contributed by atoms with Gasteiger partial charge >= 0.3 is 0 Å². The van der Waals surface area contributed by atoms with Crippen molar-refractivity contribution < 1.29 is 9.59 Å². The number of nitrogens with one attached hydrogen (secondary N) is 1. The highest BCUT2D eigenvalue weighted by Crippen LogP contribution is 2.37. The lowest BCUT2D eigenvalue weighted by molar-refractivity contribution is -0.141. The van der Waals surface area contributed by atoms with Gasteiger partial charge in [-0.2, -0.15) is 5.10 Å². The first kappa shape index (κ1) is 18.9. The summed E-state index contributed by atoms with van der Waals surface area (Å²) in [5.74, 6) is 0.722. The summed E-state index contributed by atoms with van der Waals surface area (Å²) < 4.78 is 0. The van der Waals surface area contributed by atoms with Gasteiger partial charge in [0.2, 0.25) is 5.91 Å². The molecule has 0 aromatic carbocycles. The molecule has 1 saturated carbocycles. The SMILES string of the molecule is CCCCC1CCC(C(=O)N2CCCCC2c2cc(C(N)=O)n[nH]2)CC1. The van der Waals surface area contributed by atoms with E-state index in [9.17, 15) is 9.59 Å². The summed E-state index contributed by atoms with van der Waals surface area (Å²) in [4.78, 5) is 26.5.